The Kier molecular flexibility index (Phi) is 11.4. The maximum absolute atomic E-state index is 6.20. The van der Waals surface area contributed by atoms with E-state index in [0.717, 1.165) is 37.8 Å². The van der Waals surface area contributed by atoms with Gasteiger partial charge in [0.25, 0.3) is 0 Å². The van der Waals surface area contributed by atoms with Crippen LogP contribution >= 0.6 is 95.6 Å². The first kappa shape index (κ1) is 26.0. The lowest BCUT2D eigenvalue weighted by Crippen LogP contribution is -2.31. The number of benzene rings is 2. The van der Waals surface area contributed by atoms with Crippen LogP contribution < -0.4 is 4.74 Å². The predicted octanol–water partition coefficient (Wildman–Crippen LogP) is 10.5. The molecule has 0 aliphatic heterocycles. The van der Waals surface area contributed by atoms with Gasteiger partial charge in [-0.05, 0) is 69.0 Å². The number of hydrogen-bond acceptors (Lipinski definition) is 3. The van der Waals surface area contributed by atoms with Gasteiger partial charge in [-0.25, -0.2) is 0 Å². The van der Waals surface area contributed by atoms with Crippen LogP contribution in [0.5, 0.6) is 5.75 Å². The quantitative estimate of drug-likeness (QED) is 0.134. The molecule has 2 rings (SSSR count). The van der Waals surface area contributed by atoms with E-state index in [0.29, 0.717) is 11.4 Å². The van der Waals surface area contributed by atoms with E-state index >= 15 is 0 Å². The highest BCUT2D eigenvalue weighted by Crippen LogP contribution is 2.43. The molecule has 2 aromatic rings. The van der Waals surface area contributed by atoms with Crippen LogP contribution in [0.3, 0.4) is 0 Å². The number of para-hydroxylation sites is 1. The first-order valence-corrected chi connectivity index (χ1v) is 13.9. The molecule has 0 spiro atoms. The van der Waals surface area contributed by atoms with Crippen molar-refractivity contribution in [2.75, 3.05) is 0 Å². The molecule has 158 valence electrons. The Morgan fingerprint density at radius 1 is 0.793 bits per heavy atom. The van der Waals surface area contributed by atoms with Gasteiger partial charge in [-0.1, -0.05) is 113 Å². The molecule has 1 unspecified atom stereocenters. The molecular formula is C20H20Br6N2O. The maximum atomic E-state index is 6.20. The summed E-state index contributed by atoms with van der Waals surface area (Å²) >= 11 is 21.7. The topological polar surface area (TPSA) is 34.0 Å². The van der Waals surface area contributed by atoms with E-state index in [9.17, 15) is 0 Å². The molecule has 9 heteroatoms. The third-order valence-electron chi connectivity index (χ3n) is 3.92. The van der Waals surface area contributed by atoms with Crippen LogP contribution in [0.1, 0.15) is 32.1 Å². The molecule has 0 heterocycles. The van der Waals surface area contributed by atoms with E-state index in [-0.39, 0.29) is 6.97 Å². The highest BCUT2D eigenvalue weighted by Gasteiger charge is 2.34. The predicted molar refractivity (Wildman–Crippen MR) is 144 cm³/mol. The smallest absolute Gasteiger partial charge is 0.230 e. The molecule has 0 bridgehead atoms. The molecular weight excluding hydrogens is 764 g/mol. The minimum Gasteiger partial charge on any atom is -0.463 e. The number of ether oxygens (including phenoxy) is 1. The molecule has 2 aromatic carbocycles. The summed E-state index contributed by atoms with van der Waals surface area (Å²) in [4.78, 5) is 0.0655. The van der Waals surface area contributed by atoms with E-state index in [2.05, 4.69) is 106 Å². The molecule has 0 N–H and O–H groups in total. The van der Waals surface area contributed by atoms with Gasteiger partial charge in [-0.15, -0.1) is 5.11 Å². The molecule has 0 aliphatic carbocycles. The highest BCUT2D eigenvalue weighted by molar-refractivity contribution is 9.39. The van der Waals surface area contributed by atoms with Gasteiger partial charge < -0.3 is 4.74 Å². The number of rotatable bonds is 10. The fourth-order valence-corrected chi connectivity index (χ4v) is 4.50. The summed E-state index contributed by atoms with van der Waals surface area (Å²) in [6.45, 7) is 0. The van der Waals surface area contributed by atoms with Gasteiger partial charge in [-0.3, -0.25) is 0 Å². The molecule has 0 fully saturated rings. The summed E-state index contributed by atoms with van der Waals surface area (Å²) in [7, 11) is 0. The number of halogens is 6. The first-order chi connectivity index (χ1) is 13.7. The van der Waals surface area contributed by atoms with Gasteiger partial charge in [0, 0.05) is 0 Å². The normalized spacial score (nSPS) is 13.6. The van der Waals surface area contributed by atoms with Crippen LogP contribution in [-0.4, -0.2) is 10.4 Å². The molecule has 0 saturated heterocycles. The SMILES string of the molecule is BrC(CCCCCC(Br)(Br)Br)C(Br)(Br)Oc1ccccc1N=Nc1ccccc1. The number of hydrogen-bond donors (Lipinski definition) is 0. The maximum Gasteiger partial charge on any atom is 0.230 e. The lowest BCUT2D eigenvalue weighted by Gasteiger charge is -2.28. The summed E-state index contributed by atoms with van der Waals surface area (Å²) in [6, 6.07) is 17.2. The lowest BCUT2D eigenvalue weighted by molar-refractivity contribution is 0.263. The lowest BCUT2D eigenvalue weighted by atomic mass is 10.1. The Balaban J connectivity index is 1.94. The molecule has 0 radical (unpaired) electrons. The van der Waals surface area contributed by atoms with Gasteiger partial charge in [-0.2, -0.15) is 5.11 Å². The Hall–Kier alpha value is 0.720. The second kappa shape index (κ2) is 12.7. The molecule has 0 amide bonds. The van der Waals surface area contributed by atoms with E-state index < -0.39 is 3.42 Å². The van der Waals surface area contributed by atoms with Gasteiger partial charge in [0.05, 0.1) is 10.5 Å². The molecule has 0 aliphatic rings. The van der Waals surface area contributed by atoms with Crippen LogP contribution in [0.15, 0.2) is 64.8 Å². The summed E-state index contributed by atoms with van der Waals surface area (Å²) in [5.74, 6) is 0.646. The minimum absolute atomic E-state index is 0.0655. The van der Waals surface area contributed by atoms with Crippen LogP contribution in [0.4, 0.5) is 11.4 Å². The summed E-state index contributed by atoms with van der Waals surface area (Å²) in [5.41, 5.74) is 1.46. The van der Waals surface area contributed by atoms with Crippen molar-refractivity contribution in [2.24, 2.45) is 10.2 Å². The van der Waals surface area contributed by atoms with Gasteiger partial charge in [0.15, 0.2) is 0 Å². The van der Waals surface area contributed by atoms with Crippen LogP contribution in [0, 0.1) is 0 Å². The van der Waals surface area contributed by atoms with Crippen molar-refractivity contribution >= 4 is 107 Å². The van der Waals surface area contributed by atoms with Gasteiger partial charge in [0.1, 0.15) is 13.6 Å². The Morgan fingerprint density at radius 2 is 1.45 bits per heavy atom. The molecule has 29 heavy (non-hydrogen) atoms. The van der Waals surface area contributed by atoms with Gasteiger partial charge in [0.2, 0.25) is 3.42 Å². The fraction of sp³-hybridized carbons (Fsp3) is 0.400. The highest BCUT2D eigenvalue weighted by atomic mass is 80.0. The van der Waals surface area contributed by atoms with Crippen molar-refractivity contribution in [1.82, 2.24) is 0 Å². The Labute approximate surface area is 222 Å². The van der Waals surface area contributed by atoms with E-state index in [1.165, 1.54) is 0 Å². The summed E-state index contributed by atoms with van der Waals surface area (Å²) < 4.78 is 5.30. The van der Waals surface area contributed by atoms with E-state index in [1.807, 2.05) is 54.6 Å². The molecule has 0 aromatic heterocycles. The fourth-order valence-electron chi connectivity index (χ4n) is 2.44. The zero-order valence-electron chi connectivity index (χ0n) is 15.4. The van der Waals surface area contributed by atoms with Gasteiger partial charge >= 0.3 is 0 Å². The number of azo groups is 1. The molecule has 3 nitrogen and oxygen atoms in total. The van der Waals surface area contributed by atoms with E-state index in [1.54, 1.807) is 0 Å². The minimum atomic E-state index is -0.748. The molecule has 0 saturated carbocycles. The Morgan fingerprint density at radius 3 is 2.14 bits per heavy atom. The average Bonchev–Trinajstić information content (AvgIpc) is 2.66. The second-order valence-corrected chi connectivity index (χ2v) is 18.1. The monoisotopic (exact) mass is 778 g/mol. The van der Waals surface area contributed by atoms with Crippen molar-refractivity contribution in [3.05, 3.63) is 54.6 Å². The third-order valence-corrected chi connectivity index (χ3v) is 8.87. The van der Waals surface area contributed by atoms with E-state index in [4.69, 9.17) is 4.74 Å². The molecule has 1 atom stereocenters. The van der Waals surface area contributed by atoms with Crippen molar-refractivity contribution in [2.45, 2.75) is 42.5 Å². The third kappa shape index (κ3) is 10.3. The van der Waals surface area contributed by atoms with Crippen molar-refractivity contribution < 1.29 is 4.74 Å². The number of alkyl halides is 6. The van der Waals surface area contributed by atoms with Crippen LogP contribution in [0.2, 0.25) is 0 Å². The largest absolute Gasteiger partial charge is 0.463 e. The summed E-state index contributed by atoms with van der Waals surface area (Å²) in [5, 5.41) is 8.65. The first-order valence-electron chi connectivity index (χ1n) is 9.01. The van der Waals surface area contributed by atoms with Crippen molar-refractivity contribution in [1.29, 1.82) is 0 Å². The average molecular weight is 784 g/mol. The summed E-state index contributed by atoms with van der Waals surface area (Å²) in [6.07, 6.45) is 5.28. The zero-order chi connectivity index (χ0) is 21.3. The van der Waals surface area contributed by atoms with Crippen molar-refractivity contribution in [3.8, 4) is 5.75 Å². The standard InChI is InChI=1S/C20H20Br6N2O/c21-18(13-5-2-8-14-19(22,23)24)20(25,26)29-17-12-7-6-11-16(17)28-27-15-9-3-1-4-10-15/h1,3-4,6-7,9-12,18H,2,5,8,13-14H2. The number of nitrogens with zero attached hydrogens (tertiary/aromatic N) is 2. The Bertz CT molecular complexity index is 780. The van der Waals surface area contributed by atoms with Crippen molar-refractivity contribution in [3.63, 3.8) is 0 Å². The second-order valence-electron chi connectivity index (χ2n) is 6.35. The van der Waals surface area contributed by atoms with Crippen LogP contribution in [-0.2, 0) is 0 Å². The number of unbranched alkanes of at least 4 members (excludes halogenated alkanes) is 2. The van der Waals surface area contributed by atoms with Crippen LogP contribution in [0.25, 0.3) is 0 Å². The zero-order valence-corrected chi connectivity index (χ0v) is 24.9.